The maximum atomic E-state index is 12.3. The van der Waals surface area contributed by atoms with Crippen molar-refractivity contribution >= 4 is 11.8 Å². The maximum absolute atomic E-state index is 12.3. The Kier molecular flexibility index (Phi) is 5.48. The van der Waals surface area contributed by atoms with Gasteiger partial charge in [-0.3, -0.25) is 5.32 Å². The number of aryl methyl sites for hydroxylation is 1. The van der Waals surface area contributed by atoms with Crippen LogP contribution in [-0.2, 0) is 11.3 Å². The normalized spacial score (nSPS) is 20.5. The van der Waals surface area contributed by atoms with Crippen molar-refractivity contribution in [2.24, 2.45) is 0 Å². The third-order valence-corrected chi connectivity index (χ3v) is 4.18. The average Bonchev–Trinajstić information content (AvgIpc) is 3.03. The number of carbonyl (C=O) groups excluding carboxylic acids is 1. The summed E-state index contributed by atoms with van der Waals surface area (Å²) in [4.78, 5) is 12.3. The molecule has 2 unspecified atom stereocenters. The molecule has 1 aromatic carbocycles. The Hall–Kier alpha value is -2.34. The summed E-state index contributed by atoms with van der Waals surface area (Å²) in [7, 11) is 0. The predicted octanol–water partition coefficient (Wildman–Crippen LogP) is 3.33. The lowest BCUT2D eigenvalue weighted by atomic mass is 9.97. The van der Waals surface area contributed by atoms with Crippen LogP contribution in [0.5, 0.6) is 0 Å². The van der Waals surface area contributed by atoms with Gasteiger partial charge in [0.05, 0.1) is 12.3 Å². The smallest absolute Gasteiger partial charge is 0.320 e. The largest absolute Gasteiger partial charge is 0.373 e. The molecule has 3 rings (SSSR count). The minimum absolute atomic E-state index is 0.0378. The molecular weight excluding hydrogens is 304 g/mol. The molecule has 0 spiro atoms. The van der Waals surface area contributed by atoms with E-state index in [4.69, 9.17) is 4.74 Å². The molecule has 0 aliphatic carbocycles. The second-order valence-corrected chi connectivity index (χ2v) is 6.03. The zero-order chi connectivity index (χ0) is 16.8. The van der Waals surface area contributed by atoms with Gasteiger partial charge in [-0.2, -0.15) is 5.10 Å². The standard InChI is InChI=1S/C18H24N4O2/c1-2-11-22-17(8-10-19-22)21-18(23)20-15-9-12-24-16(13-15)14-6-4-3-5-7-14/h3-8,10,15-16H,2,9,11-13H2,1H3,(H2,20,21,23). The van der Waals surface area contributed by atoms with Gasteiger partial charge in [0.25, 0.3) is 0 Å². The fraction of sp³-hybridized carbons (Fsp3) is 0.444. The molecule has 1 aliphatic heterocycles. The molecule has 1 aromatic heterocycles. The van der Waals surface area contributed by atoms with E-state index in [0.717, 1.165) is 37.2 Å². The number of hydrogen-bond donors (Lipinski definition) is 2. The number of hydrogen-bond acceptors (Lipinski definition) is 3. The van der Waals surface area contributed by atoms with Crippen molar-refractivity contribution in [1.29, 1.82) is 0 Å². The Balaban J connectivity index is 1.55. The van der Waals surface area contributed by atoms with Gasteiger partial charge in [0.1, 0.15) is 5.82 Å². The number of nitrogens with zero attached hydrogens (tertiary/aromatic N) is 2. The summed E-state index contributed by atoms with van der Waals surface area (Å²) >= 11 is 0. The van der Waals surface area contributed by atoms with Crippen molar-refractivity contribution in [1.82, 2.24) is 15.1 Å². The first-order chi connectivity index (χ1) is 11.8. The van der Waals surface area contributed by atoms with Crippen LogP contribution in [0.2, 0.25) is 0 Å². The molecule has 2 aromatic rings. The minimum atomic E-state index is -0.188. The van der Waals surface area contributed by atoms with Gasteiger partial charge in [-0.05, 0) is 24.8 Å². The van der Waals surface area contributed by atoms with Crippen LogP contribution in [0.25, 0.3) is 0 Å². The summed E-state index contributed by atoms with van der Waals surface area (Å²) in [5, 5.41) is 10.2. The van der Waals surface area contributed by atoms with Crippen molar-refractivity contribution in [3.8, 4) is 0 Å². The number of anilines is 1. The van der Waals surface area contributed by atoms with Gasteiger partial charge in [-0.15, -0.1) is 0 Å². The van der Waals surface area contributed by atoms with Gasteiger partial charge < -0.3 is 10.1 Å². The van der Waals surface area contributed by atoms with Gasteiger partial charge >= 0.3 is 6.03 Å². The van der Waals surface area contributed by atoms with Crippen molar-refractivity contribution in [3.05, 3.63) is 48.2 Å². The van der Waals surface area contributed by atoms with E-state index in [2.05, 4.69) is 34.8 Å². The Bertz CT molecular complexity index is 656. The van der Waals surface area contributed by atoms with Gasteiger partial charge in [-0.1, -0.05) is 37.3 Å². The number of ether oxygens (including phenoxy) is 1. The predicted molar refractivity (Wildman–Crippen MR) is 92.8 cm³/mol. The van der Waals surface area contributed by atoms with Crippen LogP contribution >= 0.6 is 0 Å². The van der Waals surface area contributed by atoms with Crippen LogP contribution in [0.1, 0.15) is 37.9 Å². The minimum Gasteiger partial charge on any atom is -0.373 e. The van der Waals surface area contributed by atoms with Gasteiger partial charge in [0, 0.05) is 25.3 Å². The quantitative estimate of drug-likeness (QED) is 0.884. The molecule has 128 valence electrons. The highest BCUT2D eigenvalue weighted by molar-refractivity contribution is 5.88. The van der Waals surface area contributed by atoms with Crippen LogP contribution < -0.4 is 10.6 Å². The molecule has 24 heavy (non-hydrogen) atoms. The first-order valence-electron chi connectivity index (χ1n) is 8.52. The van der Waals surface area contributed by atoms with Gasteiger partial charge in [-0.25, -0.2) is 9.48 Å². The molecule has 2 amide bonds. The van der Waals surface area contributed by atoms with Crippen LogP contribution in [0.15, 0.2) is 42.6 Å². The molecule has 2 heterocycles. The topological polar surface area (TPSA) is 68.2 Å². The molecule has 0 saturated carbocycles. The fourth-order valence-electron chi connectivity index (χ4n) is 2.99. The highest BCUT2D eigenvalue weighted by atomic mass is 16.5. The number of urea groups is 1. The SMILES string of the molecule is CCCn1nccc1NC(=O)NC1CCOC(c2ccccc2)C1. The zero-order valence-corrected chi connectivity index (χ0v) is 13.9. The third-order valence-electron chi connectivity index (χ3n) is 4.18. The van der Waals surface area contributed by atoms with Crippen molar-refractivity contribution in [2.75, 3.05) is 11.9 Å². The highest BCUT2D eigenvalue weighted by Gasteiger charge is 2.25. The summed E-state index contributed by atoms with van der Waals surface area (Å²) in [5.41, 5.74) is 1.16. The van der Waals surface area contributed by atoms with E-state index in [9.17, 15) is 4.79 Å². The maximum Gasteiger partial charge on any atom is 0.320 e. The van der Waals surface area contributed by atoms with Crippen molar-refractivity contribution in [2.45, 2.75) is 44.9 Å². The molecule has 0 bridgehead atoms. The zero-order valence-electron chi connectivity index (χ0n) is 13.9. The highest BCUT2D eigenvalue weighted by Crippen LogP contribution is 2.27. The van der Waals surface area contributed by atoms with E-state index < -0.39 is 0 Å². The number of rotatable bonds is 5. The van der Waals surface area contributed by atoms with E-state index in [1.54, 1.807) is 10.9 Å². The Morgan fingerprint density at radius 3 is 2.96 bits per heavy atom. The molecule has 0 radical (unpaired) electrons. The lowest BCUT2D eigenvalue weighted by Crippen LogP contribution is -2.42. The monoisotopic (exact) mass is 328 g/mol. The molecule has 2 atom stereocenters. The molecule has 6 nitrogen and oxygen atoms in total. The lowest BCUT2D eigenvalue weighted by Gasteiger charge is -2.30. The van der Waals surface area contributed by atoms with Crippen molar-refractivity contribution < 1.29 is 9.53 Å². The number of benzene rings is 1. The summed E-state index contributed by atoms with van der Waals surface area (Å²) in [6.45, 7) is 3.52. The summed E-state index contributed by atoms with van der Waals surface area (Å²) in [6.07, 6.45) is 4.31. The summed E-state index contributed by atoms with van der Waals surface area (Å²) in [6, 6.07) is 11.9. The first kappa shape index (κ1) is 16.5. The third kappa shape index (κ3) is 4.14. The van der Waals surface area contributed by atoms with Gasteiger partial charge in [0.2, 0.25) is 0 Å². The molecule has 1 saturated heterocycles. The van der Waals surface area contributed by atoms with Gasteiger partial charge in [0.15, 0.2) is 0 Å². The molecule has 1 aliphatic rings. The summed E-state index contributed by atoms with van der Waals surface area (Å²) in [5.74, 6) is 0.723. The number of amides is 2. The second-order valence-electron chi connectivity index (χ2n) is 6.03. The van der Waals surface area contributed by atoms with E-state index in [0.29, 0.717) is 6.61 Å². The van der Waals surface area contributed by atoms with Crippen LogP contribution in [0, 0.1) is 0 Å². The first-order valence-corrected chi connectivity index (χ1v) is 8.52. The second kappa shape index (κ2) is 7.97. The number of aromatic nitrogens is 2. The van der Waals surface area contributed by atoms with Crippen molar-refractivity contribution in [3.63, 3.8) is 0 Å². The Morgan fingerprint density at radius 1 is 1.33 bits per heavy atom. The lowest BCUT2D eigenvalue weighted by molar-refractivity contribution is 0.00253. The van der Waals surface area contributed by atoms with E-state index in [1.165, 1.54) is 0 Å². The average molecular weight is 328 g/mol. The van der Waals surface area contributed by atoms with Crippen LogP contribution in [0.3, 0.4) is 0 Å². The summed E-state index contributed by atoms with van der Waals surface area (Å²) < 4.78 is 7.65. The van der Waals surface area contributed by atoms with E-state index in [-0.39, 0.29) is 18.2 Å². The number of carbonyl (C=O) groups is 1. The van der Waals surface area contributed by atoms with Crippen LogP contribution in [0.4, 0.5) is 10.6 Å². The molecule has 2 N–H and O–H groups in total. The number of nitrogens with one attached hydrogen (secondary N) is 2. The van der Waals surface area contributed by atoms with Crippen LogP contribution in [-0.4, -0.2) is 28.5 Å². The van der Waals surface area contributed by atoms with E-state index in [1.807, 2.05) is 24.3 Å². The fourth-order valence-corrected chi connectivity index (χ4v) is 2.99. The Labute approximate surface area is 142 Å². The van der Waals surface area contributed by atoms with E-state index >= 15 is 0 Å². The molecule has 6 heteroatoms. The molecular formula is C18H24N4O2. The Morgan fingerprint density at radius 2 is 2.17 bits per heavy atom. The molecule has 1 fully saturated rings.